The molecule has 0 saturated carbocycles. The number of para-hydroxylation sites is 1. The Morgan fingerprint density at radius 3 is 2.42 bits per heavy atom. The minimum absolute atomic E-state index is 0.190. The van der Waals surface area contributed by atoms with Crippen LogP contribution in [0.2, 0.25) is 0 Å². The number of hydrogen-bond acceptors (Lipinski definition) is 4. The van der Waals surface area contributed by atoms with E-state index in [9.17, 15) is 14.7 Å². The number of rotatable bonds is 3. The van der Waals surface area contributed by atoms with E-state index in [1.165, 1.54) is 0 Å². The lowest BCUT2D eigenvalue weighted by molar-refractivity contribution is -0.136. The molecule has 2 aromatic heterocycles. The molecule has 118 valence electrons. The standard InChI is InChI=1S/C19H12O5/c20-15(21)10-13-16-18(24-17(13)11-6-2-1-3-7-11)12-8-4-5-9-14(12)23-19(16)22/h1-9H,10H2,(H,20,21). The molecule has 0 saturated heterocycles. The van der Waals surface area contributed by atoms with Gasteiger partial charge in [0, 0.05) is 11.1 Å². The van der Waals surface area contributed by atoms with Gasteiger partial charge in [0.15, 0.2) is 5.58 Å². The van der Waals surface area contributed by atoms with Gasteiger partial charge in [-0.05, 0) is 12.1 Å². The number of carbonyl (C=O) groups is 1. The molecule has 0 aliphatic heterocycles. The van der Waals surface area contributed by atoms with Crippen LogP contribution in [0.25, 0.3) is 33.3 Å². The summed E-state index contributed by atoms with van der Waals surface area (Å²) in [5.74, 6) is -0.654. The van der Waals surface area contributed by atoms with Crippen molar-refractivity contribution < 1.29 is 18.7 Å². The molecule has 0 radical (unpaired) electrons. The van der Waals surface area contributed by atoms with E-state index < -0.39 is 11.6 Å². The third-order valence-corrected chi connectivity index (χ3v) is 3.91. The van der Waals surface area contributed by atoms with Crippen LogP contribution in [0.1, 0.15) is 5.56 Å². The van der Waals surface area contributed by atoms with E-state index in [0.717, 1.165) is 0 Å². The predicted octanol–water partition coefficient (Wildman–Crippen LogP) is 3.83. The largest absolute Gasteiger partial charge is 0.481 e. The first-order valence-corrected chi connectivity index (χ1v) is 7.39. The Bertz CT molecular complexity index is 1120. The Hall–Kier alpha value is -3.34. The SMILES string of the molecule is O=C(O)Cc1c(-c2ccccc2)oc2c1c(=O)oc1ccccc12. The van der Waals surface area contributed by atoms with Crippen molar-refractivity contribution in [1.29, 1.82) is 0 Å². The van der Waals surface area contributed by atoms with Crippen LogP contribution >= 0.6 is 0 Å². The second-order valence-corrected chi connectivity index (χ2v) is 5.44. The fraction of sp³-hybridized carbons (Fsp3) is 0.0526. The maximum Gasteiger partial charge on any atom is 0.347 e. The molecule has 2 heterocycles. The van der Waals surface area contributed by atoms with E-state index in [0.29, 0.717) is 33.4 Å². The average molecular weight is 320 g/mol. The third kappa shape index (κ3) is 2.18. The fourth-order valence-electron chi connectivity index (χ4n) is 2.91. The maximum absolute atomic E-state index is 12.4. The summed E-state index contributed by atoms with van der Waals surface area (Å²) < 4.78 is 11.3. The van der Waals surface area contributed by atoms with Crippen molar-refractivity contribution >= 4 is 27.9 Å². The van der Waals surface area contributed by atoms with Gasteiger partial charge < -0.3 is 13.9 Å². The molecule has 0 amide bonds. The maximum atomic E-state index is 12.4. The molecule has 0 aliphatic rings. The van der Waals surface area contributed by atoms with E-state index in [-0.39, 0.29) is 11.8 Å². The average Bonchev–Trinajstić information content (AvgIpc) is 2.95. The fourth-order valence-corrected chi connectivity index (χ4v) is 2.91. The zero-order valence-electron chi connectivity index (χ0n) is 12.5. The number of aliphatic carboxylic acids is 1. The molecule has 0 atom stereocenters. The summed E-state index contributed by atoms with van der Waals surface area (Å²) in [6.07, 6.45) is -0.319. The highest BCUT2D eigenvalue weighted by Gasteiger charge is 2.23. The molecule has 24 heavy (non-hydrogen) atoms. The molecular formula is C19H12O5. The third-order valence-electron chi connectivity index (χ3n) is 3.91. The van der Waals surface area contributed by atoms with Crippen LogP contribution in [-0.2, 0) is 11.2 Å². The summed E-state index contributed by atoms with van der Waals surface area (Å²) in [5.41, 5.74) is 1.23. The molecule has 0 fully saturated rings. The van der Waals surface area contributed by atoms with Gasteiger partial charge in [0.2, 0.25) is 0 Å². The number of benzene rings is 2. The van der Waals surface area contributed by atoms with Crippen LogP contribution < -0.4 is 5.63 Å². The van der Waals surface area contributed by atoms with Crippen molar-refractivity contribution in [2.24, 2.45) is 0 Å². The number of hydrogen-bond donors (Lipinski definition) is 1. The first-order valence-electron chi connectivity index (χ1n) is 7.39. The highest BCUT2D eigenvalue weighted by Crippen LogP contribution is 2.35. The molecule has 0 aliphatic carbocycles. The van der Waals surface area contributed by atoms with Crippen molar-refractivity contribution in [2.45, 2.75) is 6.42 Å². The Morgan fingerprint density at radius 2 is 1.67 bits per heavy atom. The minimum atomic E-state index is -1.04. The molecule has 5 nitrogen and oxygen atoms in total. The second kappa shape index (κ2) is 5.38. The molecule has 2 aromatic carbocycles. The second-order valence-electron chi connectivity index (χ2n) is 5.44. The molecule has 0 unspecified atom stereocenters. The van der Waals surface area contributed by atoms with Gasteiger partial charge in [-0.15, -0.1) is 0 Å². The van der Waals surface area contributed by atoms with Crippen LogP contribution in [0.5, 0.6) is 0 Å². The quantitative estimate of drug-likeness (QED) is 0.580. The molecule has 4 aromatic rings. The molecule has 4 rings (SSSR count). The number of furan rings is 1. The van der Waals surface area contributed by atoms with Gasteiger partial charge in [-0.3, -0.25) is 4.79 Å². The first-order chi connectivity index (χ1) is 11.6. The van der Waals surface area contributed by atoms with Gasteiger partial charge >= 0.3 is 11.6 Å². The summed E-state index contributed by atoms with van der Waals surface area (Å²) in [6.45, 7) is 0. The van der Waals surface area contributed by atoms with Crippen LogP contribution in [0.3, 0.4) is 0 Å². The van der Waals surface area contributed by atoms with Crippen molar-refractivity contribution in [2.75, 3.05) is 0 Å². The number of carboxylic acid groups (broad SMARTS) is 1. The minimum Gasteiger partial charge on any atom is -0.481 e. The van der Waals surface area contributed by atoms with E-state index in [1.807, 2.05) is 36.4 Å². The van der Waals surface area contributed by atoms with E-state index in [1.54, 1.807) is 18.2 Å². The van der Waals surface area contributed by atoms with Gasteiger partial charge in [-0.1, -0.05) is 42.5 Å². The van der Waals surface area contributed by atoms with E-state index in [4.69, 9.17) is 8.83 Å². The van der Waals surface area contributed by atoms with Crippen LogP contribution in [0.4, 0.5) is 0 Å². The van der Waals surface area contributed by atoms with Gasteiger partial charge in [-0.25, -0.2) is 4.79 Å². The number of fused-ring (bicyclic) bond motifs is 3. The Labute approximate surface area is 135 Å². The van der Waals surface area contributed by atoms with Crippen molar-refractivity contribution in [3.8, 4) is 11.3 Å². The van der Waals surface area contributed by atoms with Crippen molar-refractivity contribution in [3.05, 3.63) is 70.6 Å². The summed E-state index contributed by atoms with van der Waals surface area (Å²) >= 11 is 0. The highest BCUT2D eigenvalue weighted by molar-refractivity contribution is 6.04. The summed E-state index contributed by atoms with van der Waals surface area (Å²) in [5, 5.41) is 10.1. The summed E-state index contributed by atoms with van der Waals surface area (Å²) in [7, 11) is 0. The zero-order valence-corrected chi connectivity index (χ0v) is 12.5. The van der Waals surface area contributed by atoms with E-state index >= 15 is 0 Å². The van der Waals surface area contributed by atoms with Crippen molar-refractivity contribution in [3.63, 3.8) is 0 Å². The predicted molar refractivity (Wildman–Crippen MR) is 89.0 cm³/mol. The number of carboxylic acids is 1. The van der Waals surface area contributed by atoms with Crippen LogP contribution in [0, 0.1) is 0 Å². The molecule has 0 spiro atoms. The molecule has 1 N–H and O–H groups in total. The monoisotopic (exact) mass is 320 g/mol. The van der Waals surface area contributed by atoms with Crippen molar-refractivity contribution in [1.82, 2.24) is 0 Å². The highest BCUT2D eigenvalue weighted by atomic mass is 16.4. The topological polar surface area (TPSA) is 80.6 Å². The lowest BCUT2D eigenvalue weighted by Crippen LogP contribution is -2.06. The normalized spacial score (nSPS) is 11.2. The summed E-state index contributed by atoms with van der Waals surface area (Å²) in [6, 6.07) is 16.2. The summed E-state index contributed by atoms with van der Waals surface area (Å²) in [4.78, 5) is 23.7. The molecular weight excluding hydrogens is 308 g/mol. The lowest BCUT2D eigenvalue weighted by atomic mass is 10.0. The Balaban J connectivity index is 2.16. The molecule has 5 heteroatoms. The molecule has 0 bridgehead atoms. The first kappa shape index (κ1) is 14.3. The smallest absolute Gasteiger partial charge is 0.347 e. The van der Waals surface area contributed by atoms with E-state index in [2.05, 4.69) is 0 Å². The van der Waals surface area contributed by atoms with Gasteiger partial charge in [0.05, 0.1) is 11.8 Å². The Kier molecular flexibility index (Phi) is 3.20. The zero-order chi connectivity index (χ0) is 16.7. The van der Waals surface area contributed by atoms with Gasteiger partial charge in [0.1, 0.15) is 16.7 Å². The van der Waals surface area contributed by atoms with Gasteiger partial charge in [-0.2, -0.15) is 0 Å². The van der Waals surface area contributed by atoms with Crippen LogP contribution in [-0.4, -0.2) is 11.1 Å². The van der Waals surface area contributed by atoms with Gasteiger partial charge in [0.25, 0.3) is 0 Å². The van der Waals surface area contributed by atoms with Crippen LogP contribution in [0.15, 0.2) is 68.2 Å². The Morgan fingerprint density at radius 1 is 0.958 bits per heavy atom. The lowest BCUT2D eigenvalue weighted by Gasteiger charge is -2.00.